The van der Waals surface area contributed by atoms with E-state index in [1.165, 1.54) is 12.3 Å². The minimum Gasteiger partial charge on any atom is -0.467 e. The number of hydrogen-bond donors (Lipinski definition) is 3. The van der Waals surface area contributed by atoms with Crippen molar-refractivity contribution in [2.24, 2.45) is 0 Å². The van der Waals surface area contributed by atoms with Crippen molar-refractivity contribution in [3.05, 3.63) is 28.5 Å². The maximum atomic E-state index is 12.3. The minimum absolute atomic E-state index is 0.0163. The second kappa shape index (κ2) is 7.51. The number of carbonyl (C=O) groups excluding carboxylic acids is 1. The van der Waals surface area contributed by atoms with Crippen LogP contribution < -0.4 is 15.4 Å². The van der Waals surface area contributed by atoms with Crippen molar-refractivity contribution < 1.29 is 22.7 Å². The van der Waals surface area contributed by atoms with Crippen LogP contribution in [0.1, 0.15) is 12.6 Å². The number of amides is 2. The molecule has 130 valence electrons. The van der Waals surface area contributed by atoms with E-state index in [1.54, 1.807) is 6.07 Å². The number of nitrogens with one attached hydrogen (secondary N) is 3. The van der Waals surface area contributed by atoms with Gasteiger partial charge in [-0.2, -0.15) is 18.3 Å². The van der Waals surface area contributed by atoms with Crippen molar-refractivity contribution in [2.45, 2.75) is 19.5 Å². The van der Waals surface area contributed by atoms with Crippen molar-refractivity contribution in [1.82, 2.24) is 15.2 Å². The van der Waals surface area contributed by atoms with Crippen LogP contribution in [-0.4, -0.2) is 34.0 Å². The first-order valence-corrected chi connectivity index (χ1v) is 7.53. The first-order chi connectivity index (χ1) is 11.3. The Balaban J connectivity index is 2.06. The average Bonchev–Trinajstić information content (AvgIpc) is 2.93. The summed E-state index contributed by atoms with van der Waals surface area (Å²) < 4.78 is 41.9. The van der Waals surface area contributed by atoms with Gasteiger partial charge >= 0.3 is 12.2 Å². The maximum Gasteiger partial charge on any atom is 0.422 e. The van der Waals surface area contributed by atoms with E-state index >= 15 is 0 Å². The van der Waals surface area contributed by atoms with Crippen LogP contribution in [0.15, 0.2) is 22.8 Å². The molecule has 3 N–H and O–H groups in total. The Morgan fingerprint density at radius 3 is 2.75 bits per heavy atom. The number of pyridine rings is 1. The fourth-order valence-corrected chi connectivity index (χ4v) is 1.99. The highest BCUT2D eigenvalue weighted by Gasteiger charge is 2.29. The van der Waals surface area contributed by atoms with Gasteiger partial charge in [0.25, 0.3) is 0 Å². The van der Waals surface area contributed by atoms with Gasteiger partial charge in [0.15, 0.2) is 12.4 Å². The predicted molar refractivity (Wildman–Crippen MR) is 84.1 cm³/mol. The van der Waals surface area contributed by atoms with Gasteiger partial charge in [-0.1, -0.05) is 6.92 Å². The number of nitrogens with zero attached hydrogens (tertiary/aromatic N) is 2. The predicted octanol–water partition coefficient (Wildman–Crippen LogP) is 3.71. The number of aromatic amines is 1. The van der Waals surface area contributed by atoms with E-state index in [9.17, 15) is 18.0 Å². The second-order valence-corrected chi connectivity index (χ2v) is 5.54. The number of anilines is 2. The Kier molecular flexibility index (Phi) is 5.65. The molecule has 0 fully saturated rings. The molecule has 0 aliphatic heterocycles. The summed E-state index contributed by atoms with van der Waals surface area (Å²) in [5.74, 6) is -0.0629. The van der Waals surface area contributed by atoms with Gasteiger partial charge in [-0.05, 0) is 28.4 Å². The Hall–Kier alpha value is -2.30. The zero-order valence-corrected chi connectivity index (χ0v) is 14.0. The SMILES string of the molecule is CCc1cc(NC(=O)Nc2cc(Br)cnc2OCC(F)(F)F)n[nH]1. The van der Waals surface area contributed by atoms with Gasteiger partial charge < -0.3 is 10.1 Å². The molecule has 2 aromatic heterocycles. The molecule has 0 radical (unpaired) electrons. The lowest BCUT2D eigenvalue weighted by Crippen LogP contribution is -2.23. The molecule has 2 heterocycles. The van der Waals surface area contributed by atoms with E-state index < -0.39 is 18.8 Å². The number of aromatic nitrogens is 3. The third-order valence-corrected chi connectivity index (χ3v) is 3.13. The van der Waals surface area contributed by atoms with Crippen molar-refractivity contribution in [1.29, 1.82) is 0 Å². The summed E-state index contributed by atoms with van der Waals surface area (Å²) in [7, 11) is 0. The molecular formula is C13H13BrF3N5O2. The normalized spacial score (nSPS) is 11.2. The zero-order valence-electron chi connectivity index (χ0n) is 12.4. The quantitative estimate of drug-likeness (QED) is 0.704. The van der Waals surface area contributed by atoms with E-state index in [-0.39, 0.29) is 17.4 Å². The number of aryl methyl sites for hydroxylation is 1. The molecule has 7 nitrogen and oxygen atoms in total. The number of hydrogen-bond acceptors (Lipinski definition) is 4. The Morgan fingerprint density at radius 1 is 1.38 bits per heavy atom. The standard InChI is InChI=1S/C13H13BrF3N5O2/c1-2-8-4-10(22-21-8)20-12(23)19-9-3-7(14)5-18-11(9)24-6-13(15,16)17/h3-5H,2,6H2,1H3,(H3,19,20,21,22,23). The number of carbonyl (C=O) groups is 1. The molecule has 0 aliphatic carbocycles. The topological polar surface area (TPSA) is 91.9 Å². The summed E-state index contributed by atoms with van der Waals surface area (Å²) in [6, 6.07) is 2.32. The highest BCUT2D eigenvalue weighted by atomic mass is 79.9. The van der Waals surface area contributed by atoms with Crippen LogP contribution >= 0.6 is 15.9 Å². The largest absolute Gasteiger partial charge is 0.467 e. The van der Waals surface area contributed by atoms with Crippen molar-refractivity contribution in [3.63, 3.8) is 0 Å². The van der Waals surface area contributed by atoms with Crippen LogP contribution in [0.3, 0.4) is 0 Å². The van der Waals surface area contributed by atoms with Crippen LogP contribution in [0.2, 0.25) is 0 Å². The highest BCUT2D eigenvalue weighted by Crippen LogP contribution is 2.27. The lowest BCUT2D eigenvalue weighted by Gasteiger charge is -2.13. The number of H-pyrrole nitrogens is 1. The molecule has 2 amide bonds. The van der Waals surface area contributed by atoms with Crippen LogP contribution in [0.5, 0.6) is 5.88 Å². The van der Waals surface area contributed by atoms with Crippen LogP contribution in [0.4, 0.5) is 29.5 Å². The third kappa shape index (κ3) is 5.41. The number of rotatable bonds is 5. The monoisotopic (exact) mass is 407 g/mol. The maximum absolute atomic E-state index is 12.3. The van der Waals surface area contributed by atoms with E-state index in [2.05, 4.69) is 46.5 Å². The van der Waals surface area contributed by atoms with Gasteiger partial charge in [0.05, 0.1) is 0 Å². The zero-order chi connectivity index (χ0) is 17.7. The van der Waals surface area contributed by atoms with Gasteiger partial charge in [0.2, 0.25) is 5.88 Å². The molecule has 2 aromatic rings. The second-order valence-electron chi connectivity index (χ2n) is 4.62. The van der Waals surface area contributed by atoms with Gasteiger partial charge in [-0.15, -0.1) is 0 Å². The minimum atomic E-state index is -4.51. The lowest BCUT2D eigenvalue weighted by molar-refractivity contribution is -0.153. The average molecular weight is 408 g/mol. The number of alkyl halides is 3. The summed E-state index contributed by atoms with van der Waals surface area (Å²) in [5, 5.41) is 11.4. The molecule has 11 heteroatoms. The Bertz CT molecular complexity index is 720. The Morgan fingerprint density at radius 2 is 2.12 bits per heavy atom. The first-order valence-electron chi connectivity index (χ1n) is 6.74. The molecule has 2 rings (SSSR count). The lowest BCUT2D eigenvalue weighted by atomic mass is 10.3. The van der Waals surface area contributed by atoms with E-state index in [0.717, 1.165) is 5.69 Å². The molecule has 0 aliphatic rings. The highest BCUT2D eigenvalue weighted by molar-refractivity contribution is 9.10. The van der Waals surface area contributed by atoms with E-state index in [1.807, 2.05) is 6.92 Å². The number of ether oxygens (including phenoxy) is 1. The third-order valence-electron chi connectivity index (χ3n) is 2.69. The van der Waals surface area contributed by atoms with E-state index in [0.29, 0.717) is 10.9 Å². The molecular weight excluding hydrogens is 395 g/mol. The van der Waals surface area contributed by atoms with Crippen LogP contribution in [0, 0.1) is 0 Å². The van der Waals surface area contributed by atoms with Crippen molar-refractivity contribution >= 4 is 33.5 Å². The van der Waals surface area contributed by atoms with Gasteiger partial charge in [-0.25, -0.2) is 9.78 Å². The molecule has 0 saturated carbocycles. The fraction of sp³-hybridized carbons (Fsp3) is 0.308. The smallest absolute Gasteiger partial charge is 0.422 e. The summed E-state index contributed by atoms with van der Waals surface area (Å²) in [6.07, 6.45) is -2.54. The van der Waals surface area contributed by atoms with Crippen molar-refractivity contribution in [3.8, 4) is 5.88 Å². The summed E-state index contributed by atoms with van der Waals surface area (Å²) in [5.41, 5.74) is 0.806. The van der Waals surface area contributed by atoms with Gasteiger partial charge in [0, 0.05) is 22.4 Å². The molecule has 0 atom stereocenters. The van der Waals surface area contributed by atoms with Crippen molar-refractivity contribution in [2.75, 3.05) is 17.2 Å². The number of halogens is 4. The van der Waals surface area contributed by atoms with Gasteiger partial charge in [0.1, 0.15) is 5.69 Å². The molecule has 0 aromatic carbocycles. The van der Waals surface area contributed by atoms with Crippen LogP contribution in [0.25, 0.3) is 0 Å². The van der Waals surface area contributed by atoms with Crippen LogP contribution in [-0.2, 0) is 6.42 Å². The molecule has 0 bridgehead atoms. The first kappa shape index (κ1) is 18.0. The molecule has 24 heavy (non-hydrogen) atoms. The van der Waals surface area contributed by atoms with E-state index in [4.69, 9.17) is 0 Å². The summed E-state index contributed by atoms with van der Waals surface area (Å²) in [6.45, 7) is 0.395. The molecule has 0 saturated heterocycles. The Labute approximate surface area is 143 Å². The molecule has 0 spiro atoms. The summed E-state index contributed by atoms with van der Waals surface area (Å²) in [4.78, 5) is 15.7. The van der Waals surface area contributed by atoms with Gasteiger partial charge in [-0.3, -0.25) is 10.4 Å². The molecule has 0 unspecified atom stereocenters. The summed E-state index contributed by atoms with van der Waals surface area (Å²) >= 11 is 3.13. The number of urea groups is 1. The fourth-order valence-electron chi connectivity index (χ4n) is 1.66.